The van der Waals surface area contributed by atoms with Crippen LogP contribution in [0.3, 0.4) is 0 Å². The number of hydrogen-bond donors (Lipinski definition) is 1. The fourth-order valence-corrected chi connectivity index (χ4v) is 4.49. The number of fused-ring (bicyclic) bond motifs is 2. The third-order valence-corrected chi connectivity index (χ3v) is 6.01. The Morgan fingerprint density at radius 2 is 1.93 bits per heavy atom. The summed E-state index contributed by atoms with van der Waals surface area (Å²) in [6.07, 6.45) is -2.15. The topological polar surface area (TPSA) is 41.6 Å². The molecule has 0 spiro atoms. The van der Waals surface area contributed by atoms with Crippen molar-refractivity contribution in [1.82, 2.24) is 10.2 Å². The van der Waals surface area contributed by atoms with E-state index >= 15 is 0 Å². The number of benzene rings is 1. The van der Waals surface area contributed by atoms with Crippen LogP contribution in [0.1, 0.15) is 28.1 Å². The highest BCUT2D eigenvalue weighted by Gasteiger charge is 2.33. The fraction of sp³-hybridized carbons (Fsp3) is 0.421. The molecule has 0 saturated carbocycles. The van der Waals surface area contributed by atoms with Crippen LogP contribution in [0.4, 0.5) is 13.2 Å². The van der Waals surface area contributed by atoms with Gasteiger partial charge in [-0.25, -0.2) is 0 Å². The first kappa shape index (κ1) is 18.3. The Morgan fingerprint density at radius 1 is 1.15 bits per heavy atom. The SMILES string of the molecule is O=C(N[C@@H]1C[C@@H]2CCN(C2)C1)c1ccc(Oc2ccc(C(F)(F)F)s2)cc1. The molecule has 2 aromatic rings. The Balaban J connectivity index is 1.35. The molecule has 0 radical (unpaired) electrons. The van der Waals surface area contributed by atoms with Crippen LogP contribution in [0.5, 0.6) is 10.8 Å². The molecule has 1 unspecified atom stereocenters. The second kappa shape index (κ2) is 7.16. The number of carbonyl (C=O) groups is 1. The summed E-state index contributed by atoms with van der Waals surface area (Å²) in [5.41, 5.74) is 0.512. The molecule has 3 atom stereocenters. The summed E-state index contributed by atoms with van der Waals surface area (Å²) >= 11 is 0.544. The zero-order valence-corrected chi connectivity index (χ0v) is 15.3. The van der Waals surface area contributed by atoms with Gasteiger partial charge in [0.1, 0.15) is 10.6 Å². The van der Waals surface area contributed by atoms with E-state index < -0.39 is 11.1 Å². The Labute approximate surface area is 158 Å². The van der Waals surface area contributed by atoms with Gasteiger partial charge in [0.25, 0.3) is 5.91 Å². The van der Waals surface area contributed by atoms with Crippen molar-refractivity contribution in [2.75, 3.05) is 19.6 Å². The highest BCUT2D eigenvalue weighted by atomic mass is 32.1. The van der Waals surface area contributed by atoms with Crippen molar-refractivity contribution in [3.63, 3.8) is 0 Å². The number of alkyl halides is 3. The van der Waals surface area contributed by atoms with Gasteiger partial charge in [0, 0.05) is 24.7 Å². The average molecular weight is 396 g/mol. The summed E-state index contributed by atoms with van der Waals surface area (Å²) in [5.74, 6) is 0.931. The van der Waals surface area contributed by atoms with Crippen LogP contribution in [0.25, 0.3) is 0 Å². The minimum atomic E-state index is -4.37. The molecule has 27 heavy (non-hydrogen) atoms. The van der Waals surface area contributed by atoms with Gasteiger partial charge in [-0.2, -0.15) is 13.2 Å². The summed E-state index contributed by atoms with van der Waals surface area (Å²) in [4.78, 5) is 14.1. The number of rotatable bonds is 4. The number of amides is 1. The Kier molecular flexibility index (Phi) is 4.86. The third kappa shape index (κ3) is 4.27. The Hall–Kier alpha value is -2.06. The van der Waals surface area contributed by atoms with E-state index in [1.165, 1.54) is 12.5 Å². The molecule has 8 heteroatoms. The van der Waals surface area contributed by atoms with Gasteiger partial charge in [-0.1, -0.05) is 11.3 Å². The van der Waals surface area contributed by atoms with Crippen molar-refractivity contribution in [1.29, 1.82) is 0 Å². The van der Waals surface area contributed by atoms with Gasteiger partial charge in [-0.15, -0.1) is 0 Å². The van der Waals surface area contributed by atoms with Gasteiger partial charge >= 0.3 is 6.18 Å². The van der Waals surface area contributed by atoms with Gasteiger partial charge in [-0.05, 0) is 61.7 Å². The van der Waals surface area contributed by atoms with Crippen LogP contribution in [0.15, 0.2) is 36.4 Å². The number of nitrogens with zero attached hydrogens (tertiary/aromatic N) is 1. The molecule has 144 valence electrons. The lowest BCUT2D eigenvalue weighted by atomic mass is 9.96. The summed E-state index contributed by atoms with van der Waals surface area (Å²) in [6, 6.07) is 8.89. The summed E-state index contributed by atoms with van der Waals surface area (Å²) in [6.45, 7) is 3.14. The molecule has 2 bridgehead atoms. The Bertz CT molecular complexity index is 807. The molecule has 2 fully saturated rings. The predicted octanol–water partition coefficient (Wildman–Crippen LogP) is 4.38. The van der Waals surface area contributed by atoms with Gasteiger partial charge in [0.05, 0.1) is 0 Å². The van der Waals surface area contributed by atoms with E-state index in [-0.39, 0.29) is 17.0 Å². The first-order valence-electron chi connectivity index (χ1n) is 8.85. The van der Waals surface area contributed by atoms with Crippen molar-refractivity contribution in [2.24, 2.45) is 5.92 Å². The number of piperidine rings is 1. The Morgan fingerprint density at radius 3 is 2.59 bits per heavy atom. The molecular formula is C19H19F3N2O2S. The number of ether oxygens (including phenoxy) is 1. The quantitative estimate of drug-likeness (QED) is 0.834. The smallest absolute Gasteiger partial charge is 0.425 e. The fourth-order valence-electron chi connectivity index (χ4n) is 3.75. The molecule has 1 aromatic carbocycles. The van der Waals surface area contributed by atoms with Gasteiger partial charge < -0.3 is 15.0 Å². The molecule has 2 aliphatic rings. The number of halogens is 3. The number of hydrogen-bond acceptors (Lipinski definition) is 4. The van der Waals surface area contributed by atoms with Gasteiger partial charge in [0.15, 0.2) is 5.06 Å². The molecule has 4 nitrogen and oxygen atoms in total. The molecule has 2 saturated heterocycles. The lowest BCUT2D eigenvalue weighted by Gasteiger charge is -2.30. The molecule has 3 heterocycles. The maximum atomic E-state index is 12.6. The lowest BCUT2D eigenvalue weighted by Crippen LogP contribution is -2.46. The number of nitrogens with one attached hydrogen (secondary N) is 1. The summed E-state index contributed by atoms with van der Waals surface area (Å²) in [7, 11) is 0. The van der Waals surface area contributed by atoms with Crippen molar-refractivity contribution in [2.45, 2.75) is 25.1 Å². The molecule has 1 aromatic heterocycles. The van der Waals surface area contributed by atoms with E-state index in [2.05, 4.69) is 10.2 Å². The van der Waals surface area contributed by atoms with Crippen LogP contribution in [0, 0.1) is 5.92 Å². The third-order valence-electron chi connectivity index (χ3n) is 5.00. The minimum absolute atomic E-state index is 0.135. The molecule has 2 aliphatic heterocycles. The second-order valence-electron chi connectivity index (χ2n) is 7.06. The largest absolute Gasteiger partial charge is 0.447 e. The normalized spacial score (nSPS) is 24.6. The van der Waals surface area contributed by atoms with Crippen LogP contribution < -0.4 is 10.1 Å². The maximum absolute atomic E-state index is 12.6. The zero-order valence-electron chi connectivity index (χ0n) is 14.5. The predicted molar refractivity (Wildman–Crippen MR) is 96.3 cm³/mol. The van der Waals surface area contributed by atoms with Crippen molar-refractivity contribution in [3.8, 4) is 10.8 Å². The van der Waals surface area contributed by atoms with Crippen LogP contribution >= 0.6 is 11.3 Å². The zero-order chi connectivity index (χ0) is 19.0. The number of carbonyl (C=O) groups excluding carboxylic acids is 1. The lowest BCUT2D eigenvalue weighted by molar-refractivity contribution is -0.134. The highest BCUT2D eigenvalue weighted by molar-refractivity contribution is 7.13. The van der Waals surface area contributed by atoms with Gasteiger partial charge in [0.2, 0.25) is 0 Å². The van der Waals surface area contributed by atoms with E-state index in [9.17, 15) is 18.0 Å². The van der Waals surface area contributed by atoms with Crippen LogP contribution in [-0.4, -0.2) is 36.5 Å². The number of thiophene rings is 1. The van der Waals surface area contributed by atoms with E-state index in [4.69, 9.17) is 4.74 Å². The highest BCUT2D eigenvalue weighted by Crippen LogP contribution is 2.39. The molecule has 1 N–H and O–H groups in total. The van der Waals surface area contributed by atoms with Crippen LogP contribution in [0.2, 0.25) is 0 Å². The standard InChI is InChI=1S/C19H19F3N2O2S/c20-19(21,22)16-5-6-17(27-16)26-15-3-1-13(2-4-15)18(25)23-14-9-12-7-8-24(10-12)11-14/h1-6,12,14H,7-11H2,(H,23,25)/t12-,14+/m0/s1. The first-order valence-corrected chi connectivity index (χ1v) is 9.66. The summed E-state index contributed by atoms with van der Waals surface area (Å²) in [5, 5.41) is 3.24. The molecule has 4 rings (SSSR count). The summed E-state index contributed by atoms with van der Waals surface area (Å²) < 4.78 is 43.4. The first-order chi connectivity index (χ1) is 12.9. The molecule has 1 amide bonds. The average Bonchev–Trinajstić information content (AvgIpc) is 3.22. The monoisotopic (exact) mass is 396 g/mol. The van der Waals surface area contributed by atoms with Crippen molar-refractivity contribution in [3.05, 3.63) is 46.8 Å². The van der Waals surface area contributed by atoms with E-state index in [0.717, 1.165) is 32.1 Å². The van der Waals surface area contributed by atoms with Gasteiger partial charge in [-0.3, -0.25) is 4.79 Å². The van der Waals surface area contributed by atoms with Crippen molar-refractivity contribution < 1.29 is 22.7 Å². The van der Waals surface area contributed by atoms with Crippen molar-refractivity contribution >= 4 is 17.2 Å². The maximum Gasteiger partial charge on any atom is 0.425 e. The molecule has 0 aliphatic carbocycles. The van der Waals surface area contributed by atoms with E-state index in [1.54, 1.807) is 24.3 Å². The van der Waals surface area contributed by atoms with E-state index in [1.807, 2.05) is 0 Å². The van der Waals surface area contributed by atoms with Crippen LogP contribution in [-0.2, 0) is 6.18 Å². The minimum Gasteiger partial charge on any atom is -0.447 e. The van der Waals surface area contributed by atoms with E-state index in [0.29, 0.717) is 28.6 Å². The second-order valence-corrected chi connectivity index (χ2v) is 8.11. The molecular weight excluding hydrogens is 377 g/mol.